The molecule has 4 rings (SSSR count). The Balaban J connectivity index is 2.12. The quantitative estimate of drug-likeness (QED) is 0.716. The van der Waals surface area contributed by atoms with Crippen molar-refractivity contribution in [1.82, 2.24) is 0 Å². The molecule has 1 fully saturated rings. The Kier molecular flexibility index (Phi) is 2.46. The Hall–Kier alpha value is -2.10. The van der Waals surface area contributed by atoms with E-state index in [1.807, 2.05) is 12.1 Å². The van der Waals surface area contributed by atoms with E-state index in [1.165, 1.54) is 0 Å². The van der Waals surface area contributed by atoms with Crippen LogP contribution in [0.25, 0.3) is 10.8 Å². The lowest BCUT2D eigenvalue weighted by molar-refractivity contribution is 0.359. The van der Waals surface area contributed by atoms with Crippen molar-refractivity contribution in [1.29, 1.82) is 0 Å². The Morgan fingerprint density at radius 3 is 1.70 bits per heavy atom. The molecule has 4 nitrogen and oxygen atoms in total. The van der Waals surface area contributed by atoms with Crippen molar-refractivity contribution >= 4 is 10.8 Å². The van der Waals surface area contributed by atoms with E-state index in [2.05, 4.69) is 9.98 Å². The van der Waals surface area contributed by atoms with Crippen LogP contribution in [0.1, 0.15) is 25.7 Å². The van der Waals surface area contributed by atoms with E-state index in [-0.39, 0.29) is 23.6 Å². The monoisotopic (exact) mass is 268 g/mol. The van der Waals surface area contributed by atoms with Gasteiger partial charge in [0.25, 0.3) is 0 Å². The molecule has 0 radical (unpaired) electrons. The van der Waals surface area contributed by atoms with Crippen LogP contribution in [0, 0.1) is 0 Å². The number of hydrogen-bond acceptors (Lipinski definition) is 4. The third-order valence-electron chi connectivity index (χ3n) is 4.39. The molecule has 1 aliphatic heterocycles. The largest absolute Gasteiger partial charge is 0.505 e. The molecule has 0 amide bonds. The zero-order valence-electron chi connectivity index (χ0n) is 11.1. The van der Waals surface area contributed by atoms with Gasteiger partial charge in [0.2, 0.25) is 0 Å². The number of fused-ring (bicyclic) bond motifs is 3. The summed E-state index contributed by atoms with van der Waals surface area (Å²) in [7, 11) is 0. The third-order valence-corrected chi connectivity index (χ3v) is 4.39. The molecule has 1 heterocycles. The molecule has 0 aromatic heterocycles. The molecule has 0 spiro atoms. The van der Waals surface area contributed by atoms with Crippen LogP contribution in [0.5, 0.6) is 11.5 Å². The van der Waals surface area contributed by atoms with Crippen molar-refractivity contribution in [3.63, 3.8) is 0 Å². The van der Waals surface area contributed by atoms with Gasteiger partial charge in [-0.2, -0.15) is 0 Å². The zero-order chi connectivity index (χ0) is 13.7. The summed E-state index contributed by atoms with van der Waals surface area (Å²) in [5.41, 5.74) is 0. The van der Waals surface area contributed by atoms with Gasteiger partial charge >= 0.3 is 0 Å². The van der Waals surface area contributed by atoms with E-state index in [0.29, 0.717) is 21.5 Å². The maximum Gasteiger partial charge on any atom is 0.151 e. The summed E-state index contributed by atoms with van der Waals surface area (Å²) >= 11 is 0. The second-order valence-corrected chi connectivity index (χ2v) is 5.62. The van der Waals surface area contributed by atoms with Crippen molar-refractivity contribution in [3.8, 4) is 11.5 Å². The lowest BCUT2D eigenvalue weighted by atomic mass is 9.90. The van der Waals surface area contributed by atoms with E-state index >= 15 is 0 Å². The summed E-state index contributed by atoms with van der Waals surface area (Å²) in [6, 6.07) is 7.60. The second-order valence-electron chi connectivity index (χ2n) is 5.62. The van der Waals surface area contributed by atoms with E-state index in [4.69, 9.17) is 0 Å². The minimum Gasteiger partial charge on any atom is -0.505 e. The SMILES string of the molecule is Oc1c2c(c(O)c3ccccc13)=N[C@@H]1CCCC[C@@H]1N=2. The number of phenolic OH excluding ortho intramolecular Hbond substituents is 2. The van der Waals surface area contributed by atoms with E-state index in [9.17, 15) is 10.2 Å². The average Bonchev–Trinajstić information content (AvgIpc) is 2.51. The molecule has 0 bridgehead atoms. The topological polar surface area (TPSA) is 65.2 Å². The maximum absolute atomic E-state index is 10.4. The molecule has 0 unspecified atom stereocenters. The lowest BCUT2D eigenvalue weighted by Gasteiger charge is -2.28. The van der Waals surface area contributed by atoms with Gasteiger partial charge in [0, 0.05) is 10.8 Å². The molecule has 2 atom stereocenters. The van der Waals surface area contributed by atoms with Crippen LogP contribution in [0.4, 0.5) is 0 Å². The maximum atomic E-state index is 10.4. The standard InChI is InChI=1S/C16H16N2O2/c19-15-9-5-1-2-6-10(9)16(20)14-13(15)17-11-7-3-4-8-12(11)18-14/h1-2,5-6,11-12,19-20H,3-4,7-8H2/t11-,12+. The van der Waals surface area contributed by atoms with Gasteiger partial charge < -0.3 is 10.2 Å². The highest BCUT2D eigenvalue weighted by Gasteiger charge is 2.28. The summed E-state index contributed by atoms with van der Waals surface area (Å²) in [6.45, 7) is 0. The predicted octanol–water partition coefficient (Wildman–Crippen LogP) is 1.81. The van der Waals surface area contributed by atoms with Crippen LogP contribution in [-0.4, -0.2) is 22.3 Å². The summed E-state index contributed by atoms with van der Waals surface area (Å²) in [4.78, 5) is 9.35. The van der Waals surface area contributed by atoms with Crippen molar-refractivity contribution < 1.29 is 10.2 Å². The molecule has 4 heteroatoms. The van der Waals surface area contributed by atoms with Crippen molar-refractivity contribution in [3.05, 3.63) is 35.0 Å². The fourth-order valence-corrected chi connectivity index (χ4v) is 3.34. The van der Waals surface area contributed by atoms with E-state index < -0.39 is 0 Å². The van der Waals surface area contributed by atoms with Crippen LogP contribution in [0.15, 0.2) is 34.3 Å². The molecule has 1 saturated carbocycles. The Labute approximate surface area is 116 Å². The van der Waals surface area contributed by atoms with Gasteiger partial charge in [0.15, 0.2) is 11.5 Å². The number of benzene rings is 2. The van der Waals surface area contributed by atoms with Crippen molar-refractivity contribution in [2.24, 2.45) is 9.98 Å². The first kappa shape index (κ1) is 11.7. The first-order valence-corrected chi connectivity index (χ1v) is 7.14. The number of rotatable bonds is 0. The van der Waals surface area contributed by atoms with Crippen molar-refractivity contribution in [2.75, 3.05) is 0 Å². The summed E-state index contributed by atoms with van der Waals surface area (Å²) in [5.74, 6) is 0.280. The minimum absolute atomic E-state index is 0.140. The Morgan fingerprint density at radius 1 is 0.800 bits per heavy atom. The second kappa shape index (κ2) is 4.20. The first-order valence-electron chi connectivity index (χ1n) is 7.14. The molecular weight excluding hydrogens is 252 g/mol. The number of nitrogens with zero attached hydrogens (tertiary/aromatic N) is 2. The summed E-state index contributed by atoms with van der Waals surface area (Å²) < 4.78 is 0. The number of phenols is 2. The Morgan fingerprint density at radius 2 is 1.25 bits per heavy atom. The normalized spacial score (nSPS) is 24.4. The molecule has 0 saturated heterocycles. The van der Waals surface area contributed by atoms with Gasteiger partial charge in [-0.1, -0.05) is 37.1 Å². The number of aromatic hydroxyl groups is 2. The van der Waals surface area contributed by atoms with E-state index in [1.54, 1.807) is 12.1 Å². The number of hydrogen-bond donors (Lipinski definition) is 2. The van der Waals surface area contributed by atoms with Crippen molar-refractivity contribution in [2.45, 2.75) is 37.8 Å². The van der Waals surface area contributed by atoms with Gasteiger partial charge in [0.05, 0.1) is 12.1 Å². The smallest absolute Gasteiger partial charge is 0.151 e. The van der Waals surface area contributed by atoms with Crippen LogP contribution in [0.2, 0.25) is 0 Å². The molecule has 2 aromatic rings. The third kappa shape index (κ3) is 1.54. The van der Waals surface area contributed by atoms with Crippen LogP contribution < -0.4 is 10.7 Å². The average molecular weight is 268 g/mol. The molecule has 1 aliphatic carbocycles. The molecule has 20 heavy (non-hydrogen) atoms. The fraction of sp³-hybridized carbons (Fsp3) is 0.375. The zero-order valence-corrected chi connectivity index (χ0v) is 11.1. The minimum atomic E-state index is 0.140. The van der Waals surface area contributed by atoms with Gasteiger partial charge in [-0.25, -0.2) is 0 Å². The molecule has 2 aliphatic rings. The van der Waals surface area contributed by atoms with Crippen LogP contribution >= 0.6 is 0 Å². The summed E-state index contributed by atoms with van der Waals surface area (Å²) in [6.07, 6.45) is 4.35. The lowest BCUT2D eigenvalue weighted by Crippen LogP contribution is -2.41. The van der Waals surface area contributed by atoms with Gasteiger partial charge in [-0.3, -0.25) is 9.98 Å². The highest BCUT2D eigenvalue weighted by molar-refractivity contribution is 5.92. The fourth-order valence-electron chi connectivity index (χ4n) is 3.34. The molecule has 2 N–H and O–H groups in total. The van der Waals surface area contributed by atoms with Crippen LogP contribution in [0.3, 0.4) is 0 Å². The predicted molar refractivity (Wildman–Crippen MR) is 75.6 cm³/mol. The molecule has 2 aromatic carbocycles. The van der Waals surface area contributed by atoms with Gasteiger partial charge in [-0.05, 0) is 12.8 Å². The highest BCUT2D eigenvalue weighted by atomic mass is 16.3. The molecule has 102 valence electrons. The Bertz CT molecular complexity index is 745. The first-order chi connectivity index (χ1) is 9.75. The van der Waals surface area contributed by atoms with Crippen LogP contribution in [-0.2, 0) is 0 Å². The van der Waals surface area contributed by atoms with Gasteiger partial charge in [-0.15, -0.1) is 0 Å². The summed E-state index contributed by atoms with van der Waals surface area (Å²) in [5, 5.41) is 23.1. The van der Waals surface area contributed by atoms with Gasteiger partial charge in [0.1, 0.15) is 10.7 Å². The molecular formula is C16H16N2O2. The van der Waals surface area contributed by atoms with E-state index in [0.717, 1.165) is 25.7 Å². The highest BCUT2D eigenvalue weighted by Crippen LogP contribution is 2.29.